The molecule has 2 aromatic rings. The normalized spacial score (nSPS) is 13.2. The van der Waals surface area contributed by atoms with Gasteiger partial charge in [0.05, 0.1) is 11.6 Å². The van der Waals surface area contributed by atoms with Gasteiger partial charge in [0.1, 0.15) is 11.3 Å². The fourth-order valence-corrected chi connectivity index (χ4v) is 3.33. The third-order valence-electron chi connectivity index (χ3n) is 4.14. The van der Waals surface area contributed by atoms with E-state index in [0.29, 0.717) is 11.9 Å². The van der Waals surface area contributed by atoms with Gasteiger partial charge >= 0.3 is 0 Å². The Balaban J connectivity index is 2.55. The van der Waals surface area contributed by atoms with Crippen molar-refractivity contribution in [2.24, 2.45) is 7.05 Å². The highest BCUT2D eigenvalue weighted by molar-refractivity contribution is 6.16. The van der Waals surface area contributed by atoms with E-state index >= 15 is 0 Å². The van der Waals surface area contributed by atoms with Gasteiger partial charge in [-0.15, -0.1) is 11.6 Å². The molecular weight excluding hydrogens is 284 g/mol. The van der Waals surface area contributed by atoms with Gasteiger partial charge in [0, 0.05) is 13.1 Å². The fourth-order valence-electron chi connectivity index (χ4n) is 3.14. The summed E-state index contributed by atoms with van der Waals surface area (Å²) in [6.07, 6.45) is 6.90. The monoisotopic (exact) mass is 310 g/mol. The zero-order chi connectivity index (χ0) is 15.4. The van der Waals surface area contributed by atoms with Crippen molar-refractivity contribution in [3.8, 4) is 0 Å². The number of imidazole rings is 1. The van der Waals surface area contributed by atoms with Crippen LogP contribution in [0.15, 0.2) is 0 Å². The van der Waals surface area contributed by atoms with E-state index in [9.17, 15) is 0 Å². The van der Waals surface area contributed by atoms with Gasteiger partial charge in [-0.25, -0.2) is 4.98 Å². The number of halogens is 1. The summed E-state index contributed by atoms with van der Waals surface area (Å²) >= 11 is 6.17. The van der Waals surface area contributed by atoms with Crippen LogP contribution in [0.2, 0.25) is 0 Å². The number of hydrogen-bond acceptors (Lipinski definition) is 2. The van der Waals surface area contributed by atoms with Crippen LogP contribution in [-0.4, -0.2) is 19.3 Å². The zero-order valence-corrected chi connectivity index (χ0v) is 14.4. The summed E-state index contributed by atoms with van der Waals surface area (Å²) in [6.45, 7) is 6.62. The molecule has 0 spiro atoms. The lowest BCUT2D eigenvalue weighted by Gasteiger charge is -2.20. The minimum Gasteiger partial charge on any atom is -0.309 e. The maximum Gasteiger partial charge on any atom is 0.158 e. The van der Waals surface area contributed by atoms with Crippen LogP contribution >= 0.6 is 11.6 Å². The number of unbranched alkanes of at least 4 members (excludes halogenated alkanes) is 1. The van der Waals surface area contributed by atoms with Gasteiger partial charge in [-0.3, -0.25) is 4.68 Å². The molecule has 2 aromatic heterocycles. The van der Waals surface area contributed by atoms with Crippen molar-refractivity contribution < 1.29 is 0 Å². The standard InChI is InChI=1S/C16H27ClN4/c1-5-8-10-12(9-6-2)21-14(11-17)18-15-13(7-3)19-20(4)16(15)21/h12H,5-11H2,1-4H3. The molecule has 0 fully saturated rings. The van der Waals surface area contributed by atoms with Gasteiger partial charge in [0.2, 0.25) is 0 Å². The van der Waals surface area contributed by atoms with Gasteiger partial charge in [0.25, 0.3) is 0 Å². The van der Waals surface area contributed by atoms with E-state index in [2.05, 4.69) is 30.4 Å². The van der Waals surface area contributed by atoms with E-state index in [4.69, 9.17) is 16.6 Å². The summed E-state index contributed by atoms with van der Waals surface area (Å²) in [5, 5.41) is 4.62. The quantitative estimate of drug-likeness (QED) is 0.668. The number of aromatic nitrogens is 4. The first kappa shape index (κ1) is 16.3. The topological polar surface area (TPSA) is 35.6 Å². The first-order chi connectivity index (χ1) is 10.2. The smallest absolute Gasteiger partial charge is 0.158 e. The molecule has 2 heterocycles. The van der Waals surface area contributed by atoms with Crippen LogP contribution in [0.3, 0.4) is 0 Å². The molecule has 0 aliphatic rings. The number of fused-ring (bicyclic) bond motifs is 1. The van der Waals surface area contributed by atoms with Crippen LogP contribution < -0.4 is 0 Å². The Bertz CT molecular complexity index is 585. The molecule has 2 rings (SSSR count). The van der Waals surface area contributed by atoms with E-state index in [1.165, 1.54) is 32.1 Å². The van der Waals surface area contributed by atoms with Crippen molar-refractivity contribution in [2.75, 3.05) is 0 Å². The Hall–Kier alpha value is -1.03. The Morgan fingerprint density at radius 1 is 1.14 bits per heavy atom. The van der Waals surface area contributed by atoms with E-state index < -0.39 is 0 Å². The molecule has 0 radical (unpaired) electrons. The van der Waals surface area contributed by atoms with E-state index in [1.54, 1.807) is 0 Å². The number of rotatable bonds is 8. The van der Waals surface area contributed by atoms with E-state index in [1.807, 2.05) is 11.7 Å². The largest absolute Gasteiger partial charge is 0.309 e. The van der Waals surface area contributed by atoms with Crippen LogP contribution in [-0.2, 0) is 19.3 Å². The van der Waals surface area contributed by atoms with Crippen molar-refractivity contribution in [3.05, 3.63) is 11.5 Å². The van der Waals surface area contributed by atoms with Crippen molar-refractivity contribution >= 4 is 22.8 Å². The highest BCUT2D eigenvalue weighted by Crippen LogP contribution is 2.30. The molecule has 0 saturated heterocycles. The molecule has 1 unspecified atom stereocenters. The highest BCUT2D eigenvalue weighted by atomic mass is 35.5. The van der Waals surface area contributed by atoms with Gasteiger partial charge in [0.15, 0.2) is 5.65 Å². The third-order valence-corrected chi connectivity index (χ3v) is 4.38. The predicted octanol–water partition coefficient (Wildman–Crippen LogP) is 4.60. The van der Waals surface area contributed by atoms with Crippen molar-refractivity contribution in [1.29, 1.82) is 0 Å². The second-order valence-electron chi connectivity index (χ2n) is 5.71. The zero-order valence-electron chi connectivity index (χ0n) is 13.7. The minimum atomic E-state index is 0.462. The molecule has 5 heteroatoms. The summed E-state index contributed by atoms with van der Waals surface area (Å²) in [5.74, 6) is 1.45. The first-order valence-corrected chi connectivity index (χ1v) is 8.69. The molecule has 4 nitrogen and oxygen atoms in total. The summed E-state index contributed by atoms with van der Waals surface area (Å²) in [5.41, 5.74) is 3.24. The van der Waals surface area contributed by atoms with Crippen LogP contribution in [0.4, 0.5) is 0 Å². The Morgan fingerprint density at radius 2 is 1.90 bits per heavy atom. The first-order valence-electron chi connectivity index (χ1n) is 8.16. The molecule has 118 valence electrons. The third kappa shape index (κ3) is 3.10. The lowest BCUT2D eigenvalue weighted by Crippen LogP contribution is -2.14. The van der Waals surface area contributed by atoms with Crippen LogP contribution in [0.1, 0.15) is 70.4 Å². The lowest BCUT2D eigenvalue weighted by atomic mass is 10.0. The van der Waals surface area contributed by atoms with Crippen LogP contribution in [0.5, 0.6) is 0 Å². The molecule has 0 amide bonds. The molecule has 0 bridgehead atoms. The van der Waals surface area contributed by atoms with Crippen LogP contribution in [0, 0.1) is 0 Å². The van der Waals surface area contributed by atoms with Crippen LogP contribution in [0.25, 0.3) is 11.2 Å². The minimum absolute atomic E-state index is 0.462. The lowest BCUT2D eigenvalue weighted by molar-refractivity contribution is 0.412. The second kappa shape index (κ2) is 7.30. The summed E-state index contributed by atoms with van der Waals surface area (Å²) in [7, 11) is 2.01. The molecular formula is C16H27ClN4. The average Bonchev–Trinajstić information content (AvgIpc) is 3.01. The highest BCUT2D eigenvalue weighted by Gasteiger charge is 2.22. The van der Waals surface area contributed by atoms with Crippen molar-refractivity contribution in [1.82, 2.24) is 19.3 Å². The Kier molecular flexibility index (Phi) is 5.68. The molecule has 0 saturated carbocycles. The second-order valence-corrected chi connectivity index (χ2v) is 5.98. The molecule has 0 aliphatic carbocycles. The molecule has 1 atom stereocenters. The fraction of sp³-hybridized carbons (Fsp3) is 0.750. The summed E-state index contributed by atoms with van der Waals surface area (Å²) in [4.78, 5) is 4.78. The maximum atomic E-state index is 6.17. The number of hydrogen-bond donors (Lipinski definition) is 0. The Morgan fingerprint density at radius 3 is 2.48 bits per heavy atom. The number of nitrogens with zero attached hydrogens (tertiary/aromatic N) is 4. The summed E-state index contributed by atoms with van der Waals surface area (Å²) in [6, 6.07) is 0.480. The predicted molar refractivity (Wildman–Crippen MR) is 88.9 cm³/mol. The number of aryl methyl sites for hydroxylation is 2. The summed E-state index contributed by atoms with van der Waals surface area (Å²) < 4.78 is 4.33. The van der Waals surface area contributed by atoms with E-state index in [0.717, 1.165) is 29.1 Å². The molecule has 0 N–H and O–H groups in total. The van der Waals surface area contributed by atoms with Gasteiger partial charge in [-0.1, -0.05) is 40.0 Å². The van der Waals surface area contributed by atoms with Crippen molar-refractivity contribution in [3.63, 3.8) is 0 Å². The maximum absolute atomic E-state index is 6.17. The van der Waals surface area contributed by atoms with Gasteiger partial charge in [-0.05, 0) is 19.3 Å². The Labute approximate surface area is 132 Å². The van der Waals surface area contributed by atoms with Gasteiger partial charge in [-0.2, -0.15) is 5.10 Å². The number of alkyl halides is 1. The molecule has 0 aliphatic heterocycles. The average molecular weight is 311 g/mol. The van der Waals surface area contributed by atoms with Crippen molar-refractivity contribution in [2.45, 2.75) is 71.2 Å². The molecule has 0 aromatic carbocycles. The molecule has 21 heavy (non-hydrogen) atoms. The van der Waals surface area contributed by atoms with Gasteiger partial charge < -0.3 is 4.57 Å². The van der Waals surface area contributed by atoms with E-state index in [-0.39, 0.29) is 0 Å². The SMILES string of the molecule is CCCCC(CCC)n1c(CCl)nc2c(CC)nn(C)c21.